The zero-order valence-electron chi connectivity index (χ0n) is 19.7. The number of hydrogen-bond donors (Lipinski definition) is 1. The highest BCUT2D eigenvalue weighted by Crippen LogP contribution is 2.11. The molecule has 0 aliphatic rings. The van der Waals surface area contributed by atoms with E-state index in [-0.39, 0.29) is 36.8 Å². The molecule has 3 aromatic carbocycles. The number of hydrogen-bond acceptors (Lipinski definition) is 3. The standard InChI is InChI=1S/C28H28FN3O3/c1-20-8-10-21(11-9-20)16-17-30-26(33)7-4-18-31-27(34)24-5-2-3-6-25(24)32(28(31)35)19-22-12-14-23(29)15-13-22/h2-3,5-6,8-15H,4,7,16-19H2,1H3,(H,30,33). The maximum atomic E-state index is 13.3. The zero-order chi connectivity index (χ0) is 24.8. The first-order valence-electron chi connectivity index (χ1n) is 11.7. The number of rotatable bonds is 9. The number of fused-ring (bicyclic) bond motifs is 1. The van der Waals surface area contributed by atoms with Gasteiger partial charge in [-0.2, -0.15) is 0 Å². The summed E-state index contributed by atoms with van der Waals surface area (Å²) in [6.07, 6.45) is 1.31. The Kier molecular flexibility index (Phi) is 7.55. The van der Waals surface area contributed by atoms with E-state index < -0.39 is 5.69 Å². The molecule has 6 nitrogen and oxygen atoms in total. The highest BCUT2D eigenvalue weighted by atomic mass is 19.1. The van der Waals surface area contributed by atoms with Crippen LogP contribution in [0.5, 0.6) is 0 Å². The molecule has 1 amide bonds. The molecule has 180 valence electrons. The fourth-order valence-corrected chi connectivity index (χ4v) is 4.08. The largest absolute Gasteiger partial charge is 0.356 e. The highest BCUT2D eigenvalue weighted by Gasteiger charge is 2.14. The Balaban J connectivity index is 1.44. The minimum Gasteiger partial charge on any atom is -0.356 e. The van der Waals surface area contributed by atoms with Gasteiger partial charge in [0.15, 0.2) is 0 Å². The van der Waals surface area contributed by atoms with Crippen LogP contribution in [0.3, 0.4) is 0 Å². The van der Waals surface area contributed by atoms with Crippen LogP contribution in [-0.2, 0) is 24.3 Å². The van der Waals surface area contributed by atoms with Crippen LogP contribution >= 0.6 is 0 Å². The smallest absolute Gasteiger partial charge is 0.331 e. The van der Waals surface area contributed by atoms with Gasteiger partial charge in [0, 0.05) is 19.5 Å². The summed E-state index contributed by atoms with van der Waals surface area (Å²) in [6.45, 7) is 2.91. The molecule has 0 saturated heterocycles. The molecule has 35 heavy (non-hydrogen) atoms. The van der Waals surface area contributed by atoms with Crippen molar-refractivity contribution in [3.63, 3.8) is 0 Å². The Morgan fingerprint density at radius 2 is 1.57 bits per heavy atom. The second-order valence-corrected chi connectivity index (χ2v) is 8.66. The first kappa shape index (κ1) is 24.1. The van der Waals surface area contributed by atoms with E-state index in [1.165, 1.54) is 26.8 Å². The van der Waals surface area contributed by atoms with Crippen molar-refractivity contribution in [2.24, 2.45) is 0 Å². The third-order valence-corrected chi connectivity index (χ3v) is 6.03. The number of amides is 1. The molecule has 1 aromatic heterocycles. The van der Waals surface area contributed by atoms with Gasteiger partial charge in [0.25, 0.3) is 5.56 Å². The molecule has 4 rings (SSSR count). The first-order chi connectivity index (χ1) is 16.9. The Morgan fingerprint density at radius 1 is 0.886 bits per heavy atom. The Labute approximate surface area is 202 Å². The molecule has 0 spiro atoms. The first-order valence-corrected chi connectivity index (χ1v) is 11.7. The predicted octanol–water partition coefficient (Wildman–Crippen LogP) is 3.80. The van der Waals surface area contributed by atoms with E-state index in [1.807, 2.05) is 31.2 Å². The van der Waals surface area contributed by atoms with Gasteiger partial charge < -0.3 is 5.32 Å². The number of aryl methyl sites for hydroxylation is 1. The molecule has 0 bridgehead atoms. The second-order valence-electron chi connectivity index (χ2n) is 8.66. The van der Waals surface area contributed by atoms with E-state index in [9.17, 15) is 18.8 Å². The monoisotopic (exact) mass is 473 g/mol. The van der Waals surface area contributed by atoms with Crippen molar-refractivity contribution in [1.82, 2.24) is 14.5 Å². The van der Waals surface area contributed by atoms with E-state index in [2.05, 4.69) is 5.32 Å². The molecule has 0 aliphatic heterocycles. The minimum absolute atomic E-state index is 0.113. The van der Waals surface area contributed by atoms with Crippen LogP contribution in [0, 0.1) is 12.7 Å². The maximum Gasteiger partial charge on any atom is 0.331 e. The predicted molar refractivity (Wildman–Crippen MR) is 135 cm³/mol. The summed E-state index contributed by atoms with van der Waals surface area (Å²) in [5.41, 5.74) is 2.80. The van der Waals surface area contributed by atoms with Gasteiger partial charge in [-0.05, 0) is 55.2 Å². The van der Waals surface area contributed by atoms with Gasteiger partial charge >= 0.3 is 5.69 Å². The quantitative estimate of drug-likeness (QED) is 0.402. The van der Waals surface area contributed by atoms with Crippen LogP contribution in [0.15, 0.2) is 82.4 Å². The molecule has 7 heteroatoms. The summed E-state index contributed by atoms with van der Waals surface area (Å²) < 4.78 is 16.0. The summed E-state index contributed by atoms with van der Waals surface area (Å²) in [5, 5.41) is 3.33. The van der Waals surface area contributed by atoms with Crippen molar-refractivity contribution >= 4 is 16.8 Å². The summed E-state index contributed by atoms with van der Waals surface area (Å²) in [4.78, 5) is 38.6. The van der Waals surface area contributed by atoms with Gasteiger partial charge in [-0.3, -0.25) is 18.7 Å². The lowest BCUT2D eigenvalue weighted by Gasteiger charge is -2.14. The van der Waals surface area contributed by atoms with Gasteiger partial charge in [-0.15, -0.1) is 0 Å². The van der Waals surface area contributed by atoms with Gasteiger partial charge in [0.05, 0.1) is 17.4 Å². The molecule has 1 N–H and O–H groups in total. The SMILES string of the molecule is Cc1ccc(CCNC(=O)CCCn2c(=O)c3ccccc3n(Cc3ccc(F)cc3)c2=O)cc1. The van der Waals surface area contributed by atoms with Crippen LogP contribution in [0.1, 0.15) is 29.5 Å². The fourth-order valence-electron chi connectivity index (χ4n) is 4.08. The third kappa shape index (κ3) is 5.93. The Bertz CT molecular complexity index is 1440. The normalized spacial score (nSPS) is 11.0. The topological polar surface area (TPSA) is 73.1 Å². The zero-order valence-corrected chi connectivity index (χ0v) is 19.7. The molecule has 0 radical (unpaired) electrons. The third-order valence-electron chi connectivity index (χ3n) is 6.03. The number of benzene rings is 3. The fraction of sp³-hybridized carbons (Fsp3) is 0.250. The Morgan fingerprint density at radius 3 is 2.31 bits per heavy atom. The number of nitrogens with zero attached hydrogens (tertiary/aromatic N) is 2. The average Bonchev–Trinajstić information content (AvgIpc) is 2.86. The van der Waals surface area contributed by atoms with Crippen molar-refractivity contribution in [2.75, 3.05) is 6.54 Å². The molecular formula is C28H28FN3O3. The molecule has 0 fully saturated rings. The number of nitrogens with one attached hydrogen (secondary N) is 1. The molecule has 0 aliphatic carbocycles. The van der Waals surface area contributed by atoms with Crippen LogP contribution in [0.2, 0.25) is 0 Å². The van der Waals surface area contributed by atoms with Crippen LogP contribution in [0.4, 0.5) is 4.39 Å². The van der Waals surface area contributed by atoms with Crippen molar-refractivity contribution in [3.8, 4) is 0 Å². The summed E-state index contributed by atoms with van der Waals surface area (Å²) in [7, 11) is 0. The van der Waals surface area contributed by atoms with Crippen LogP contribution < -0.4 is 16.6 Å². The number of aromatic nitrogens is 2. The van der Waals surface area contributed by atoms with Gasteiger partial charge in [-0.25, -0.2) is 9.18 Å². The number of carbonyl (C=O) groups is 1. The lowest BCUT2D eigenvalue weighted by atomic mass is 10.1. The van der Waals surface area contributed by atoms with Crippen molar-refractivity contribution in [3.05, 3.63) is 116 Å². The molecule has 0 atom stereocenters. The van der Waals surface area contributed by atoms with Crippen molar-refractivity contribution in [2.45, 2.75) is 39.3 Å². The highest BCUT2D eigenvalue weighted by molar-refractivity contribution is 5.78. The number of carbonyl (C=O) groups excluding carboxylic acids is 1. The average molecular weight is 474 g/mol. The lowest BCUT2D eigenvalue weighted by molar-refractivity contribution is -0.121. The molecule has 0 saturated carbocycles. The maximum absolute atomic E-state index is 13.3. The summed E-state index contributed by atoms with van der Waals surface area (Å²) in [6, 6.07) is 21.0. The summed E-state index contributed by atoms with van der Waals surface area (Å²) >= 11 is 0. The van der Waals surface area contributed by atoms with E-state index in [0.717, 1.165) is 17.5 Å². The minimum atomic E-state index is -0.446. The molecule has 0 unspecified atom stereocenters. The molecule has 4 aromatic rings. The van der Waals surface area contributed by atoms with Gasteiger partial charge in [-0.1, -0.05) is 54.1 Å². The van der Waals surface area contributed by atoms with Crippen LogP contribution in [0.25, 0.3) is 10.9 Å². The van der Waals surface area contributed by atoms with E-state index in [0.29, 0.717) is 23.9 Å². The van der Waals surface area contributed by atoms with Gasteiger partial charge in [0.2, 0.25) is 5.91 Å². The van der Waals surface area contributed by atoms with Crippen molar-refractivity contribution in [1.29, 1.82) is 0 Å². The van der Waals surface area contributed by atoms with Crippen LogP contribution in [-0.4, -0.2) is 21.6 Å². The Hall–Kier alpha value is -4.00. The lowest BCUT2D eigenvalue weighted by Crippen LogP contribution is -2.40. The van der Waals surface area contributed by atoms with E-state index in [4.69, 9.17) is 0 Å². The van der Waals surface area contributed by atoms with E-state index >= 15 is 0 Å². The number of halogens is 1. The second kappa shape index (κ2) is 11.0. The van der Waals surface area contributed by atoms with E-state index in [1.54, 1.807) is 36.4 Å². The van der Waals surface area contributed by atoms with Gasteiger partial charge in [0.1, 0.15) is 5.82 Å². The van der Waals surface area contributed by atoms with Crippen molar-refractivity contribution < 1.29 is 9.18 Å². The molecular weight excluding hydrogens is 445 g/mol. The summed E-state index contributed by atoms with van der Waals surface area (Å²) in [5.74, 6) is -0.467. The number of para-hydroxylation sites is 1. The molecule has 1 heterocycles.